The molecule has 0 fully saturated rings. The molecule has 0 spiro atoms. The predicted molar refractivity (Wildman–Crippen MR) is 129 cm³/mol. The topological polar surface area (TPSA) is 88.4 Å². The van der Waals surface area contributed by atoms with E-state index in [1.54, 1.807) is 56.6 Å². The minimum atomic E-state index is -0.410. The predicted octanol–water partition coefficient (Wildman–Crippen LogP) is 5.35. The van der Waals surface area contributed by atoms with Gasteiger partial charge in [-0.15, -0.1) is 11.3 Å². The smallest absolute Gasteiger partial charge is 0.283 e. The van der Waals surface area contributed by atoms with E-state index in [0.717, 1.165) is 10.3 Å². The second-order valence-electron chi connectivity index (χ2n) is 6.87. The Labute approximate surface area is 197 Å². The number of hydrazone groups is 1. The fourth-order valence-electron chi connectivity index (χ4n) is 3.05. The van der Waals surface area contributed by atoms with Gasteiger partial charge in [-0.25, -0.2) is 5.43 Å². The van der Waals surface area contributed by atoms with Crippen molar-refractivity contribution in [1.29, 1.82) is 0 Å². The first kappa shape index (κ1) is 22.0. The van der Waals surface area contributed by atoms with Gasteiger partial charge in [0.15, 0.2) is 0 Å². The number of amides is 2. The van der Waals surface area contributed by atoms with Crippen LogP contribution in [-0.4, -0.2) is 27.3 Å². The van der Waals surface area contributed by atoms with E-state index >= 15 is 0 Å². The summed E-state index contributed by atoms with van der Waals surface area (Å²) in [7, 11) is 1.70. The Morgan fingerprint density at radius 2 is 1.81 bits per heavy atom. The van der Waals surface area contributed by atoms with Gasteiger partial charge in [0.05, 0.1) is 15.8 Å². The maximum absolute atomic E-state index is 12.6. The molecular formula is C22H17Cl2N5O2S. The number of thiophene rings is 1. The van der Waals surface area contributed by atoms with Crippen molar-refractivity contribution in [2.24, 2.45) is 12.1 Å². The Kier molecular flexibility index (Phi) is 6.27. The number of hydrogen-bond donors (Lipinski definition) is 2. The van der Waals surface area contributed by atoms with Crippen molar-refractivity contribution >= 4 is 67.8 Å². The van der Waals surface area contributed by atoms with Gasteiger partial charge in [0.25, 0.3) is 11.8 Å². The van der Waals surface area contributed by atoms with E-state index < -0.39 is 5.91 Å². The first-order valence-corrected chi connectivity index (χ1v) is 11.0. The summed E-state index contributed by atoms with van der Waals surface area (Å²) in [5.41, 5.74) is 5.01. The van der Waals surface area contributed by atoms with Crippen molar-refractivity contribution in [2.75, 3.05) is 5.32 Å². The molecule has 4 rings (SSSR count). The number of carbonyl (C=O) groups is 2. The first-order valence-electron chi connectivity index (χ1n) is 9.46. The fourth-order valence-corrected chi connectivity index (χ4v) is 4.90. The maximum atomic E-state index is 12.6. The number of aryl methyl sites for hydroxylation is 1. The number of nitrogens with one attached hydrogen (secondary N) is 2. The molecule has 0 bridgehead atoms. The summed E-state index contributed by atoms with van der Waals surface area (Å²) < 4.78 is 2.33. The molecule has 0 saturated carbocycles. The number of rotatable bonds is 5. The Hall–Kier alpha value is -3.20. The van der Waals surface area contributed by atoms with Crippen LogP contribution in [0.5, 0.6) is 0 Å². The van der Waals surface area contributed by atoms with E-state index in [1.807, 2.05) is 12.1 Å². The van der Waals surface area contributed by atoms with Crippen molar-refractivity contribution in [2.45, 2.75) is 6.92 Å². The lowest BCUT2D eigenvalue weighted by molar-refractivity contribution is 0.0958. The zero-order valence-electron chi connectivity index (χ0n) is 17.0. The zero-order chi connectivity index (χ0) is 22.8. The van der Waals surface area contributed by atoms with Gasteiger partial charge < -0.3 is 5.32 Å². The van der Waals surface area contributed by atoms with Crippen LogP contribution in [0.3, 0.4) is 0 Å². The van der Waals surface area contributed by atoms with Gasteiger partial charge in [-0.2, -0.15) is 10.2 Å². The molecule has 2 N–H and O–H groups in total. The van der Waals surface area contributed by atoms with Crippen LogP contribution in [0, 0.1) is 0 Å². The SMILES string of the molecule is C/C(=N\NC(=O)c1sc2cccc(Cl)c2c1Cl)c1ccc(NC(=O)c2ccnn2C)cc1. The third-order valence-corrected chi connectivity index (χ3v) is 6.71. The molecule has 0 saturated heterocycles. The van der Waals surface area contributed by atoms with Crippen LogP contribution in [0.1, 0.15) is 32.6 Å². The third-order valence-electron chi connectivity index (χ3n) is 4.75. The van der Waals surface area contributed by atoms with E-state index in [2.05, 4.69) is 20.9 Å². The highest BCUT2D eigenvalue weighted by Gasteiger charge is 2.18. The Morgan fingerprint density at radius 1 is 1.06 bits per heavy atom. The van der Waals surface area contributed by atoms with Crippen LogP contribution in [0.2, 0.25) is 10.0 Å². The van der Waals surface area contributed by atoms with Gasteiger partial charge >= 0.3 is 0 Å². The monoisotopic (exact) mass is 485 g/mol. The molecule has 162 valence electrons. The lowest BCUT2D eigenvalue weighted by Gasteiger charge is -2.07. The molecule has 10 heteroatoms. The molecule has 0 aliphatic heterocycles. The minimum Gasteiger partial charge on any atom is -0.321 e. The molecule has 0 unspecified atom stereocenters. The molecule has 2 aromatic heterocycles. The summed E-state index contributed by atoms with van der Waals surface area (Å²) in [6.07, 6.45) is 1.56. The van der Waals surface area contributed by atoms with E-state index in [0.29, 0.717) is 37.4 Å². The quantitative estimate of drug-likeness (QED) is 0.295. The first-order chi connectivity index (χ1) is 15.3. The lowest BCUT2D eigenvalue weighted by Crippen LogP contribution is -2.18. The molecule has 0 atom stereocenters. The van der Waals surface area contributed by atoms with Crippen LogP contribution in [0.15, 0.2) is 59.8 Å². The lowest BCUT2D eigenvalue weighted by atomic mass is 10.1. The standard InChI is InChI=1S/C22H17Cl2N5O2S/c1-12(13-6-8-14(9-7-13)26-21(30)16-10-11-25-29(16)2)27-28-22(31)20-19(24)18-15(23)4-3-5-17(18)32-20/h3-11H,1-2H3,(H,26,30)(H,28,31)/b27-12+. The Bertz CT molecular complexity index is 1360. The third kappa shape index (κ3) is 4.38. The average Bonchev–Trinajstić information content (AvgIpc) is 3.36. The Balaban J connectivity index is 1.45. The van der Waals surface area contributed by atoms with Gasteiger partial charge in [0, 0.05) is 29.0 Å². The van der Waals surface area contributed by atoms with Crippen LogP contribution in [0.4, 0.5) is 5.69 Å². The number of halogens is 2. The highest BCUT2D eigenvalue weighted by molar-refractivity contribution is 7.21. The number of carbonyl (C=O) groups excluding carboxylic acids is 2. The molecule has 7 nitrogen and oxygen atoms in total. The molecular weight excluding hydrogens is 469 g/mol. The molecule has 0 radical (unpaired) electrons. The summed E-state index contributed by atoms with van der Waals surface area (Å²) in [6.45, 7) is 1.77. The van der Waals surface area contributed by atoms with E-state index in [-0.39, 0.29) is 5.91 Å². The molecule has 0 aliphatic carbocycles. The summed E-state index contributed by atoms with van der Waals surface area (Å²) in [5.74, 6) is -0.664. The minimum absolute atomic E-state index is 0.254. The molecule has 4 aromatic rings. The summed E-state index contributed by atoms with van der Waals surface area (Å²) >= 11 is 13.8. The fraction of sp³-hybridized carbons (Fsp3) is 0.0909. The largest absolute Gasteiger partial charge is 0.321 e. The van der Waals surface area contributed by atoms with Gasteiger partial charge in [-0.05, 0) is 42.8 Å². The number of anilines is 1. The van der Waals surface area contributed by atoms with Crippen molar-refractivity contribution in [3.05, 3.63) is 80.9 Å². The van der Waals surface area contributed by atoms with E-state index in [9.17, 15) is 9.59 Å². The number of benzene rings is 2. The summed E-state index contributed by atoms with van der Waals surface area (Å²) in [4.78, 5) is 25.2. The maximum Gasteiger partial charge on any atom is 0.283 e. The molecule has 0 aliphatic rings. The summed E-state index contributed by atoms with van der Waals surface area (Å²) in [6, 6.07) is 14.2. The zero-order valence-corrected chi connectivity index (χ0v) is 19.3. The Morgan fingerprint density at radius 3 is 2.47 bits per heavy atom. The number of aromatic nitrogens is 2. The highest BCUT2D eigenvalue weighted by Crippen LogP contribution is 2.39. The van der Waals surface area contributed by atoms with E-state index in [4.69, 9.17) is 23.2 Å². The average molecular weight is 486 g/mol. The molecule has 2 aromatic carbocycles. The number of nitrogens with zero attached hydrogens (tertiary/aromatic N) is 3. The normalized spacial score (nSPS) is 11.6. The van der Waals surface area contributed by atoms with E-state index in [1.165, 1.54) is 16.0 Å². The second kappa shape index (κ2) is 9.12. The van der Waals surface area contributed by atoms with Crippen molar-refractivity contribution in [3.63, 3.8) is 0 Å². The van der Waals surface area contributed by atoms with Crippen LogP contribution in [0.25, 0.3) is 10.1 Å². The number of fused-ring (bicyclic) bond motifs is 1. The highest BCUT2D eigenvalue weighted by atomic mass is 35.5. The molecule has 2 heterocycles. The van der Waals surface area contributed by atoms with Crippen molar-refractivity contribution < 1.29 is 9.59 Å². The molecule has 32 heavy (non-hydrogen) atoms. The number of hydrogen-bond acceptors (Lipinski definition) is 5. The van der Waals surface area contributed by atoms with Gasteiger partial charge in [0.2, 0.25) is 0 Å². The summed E-state index contributed by atoms with van der Waals surface area (Å²) in [5, 5.41) is 12.5. The van der Waals surface area contributed by atoms with Crippen LogP contribution in [-0.2, 0) is 7.05 Å². The van der Waals surface area contributed by atoms with Gasteiger partial charge in [-0.1, -0.05) is 41.4 Å². The second-order valence-corrected chi connectivity index (χ2v) is 8.71. The molecule has 2 amide bonds. The van der Waals surface area contributed by atoms with Crippen LogP contribution >= 0.6 is 34.5 Å². The van der Waals surface area contributed by atoms with Crippen LogP contribution < -0.4 is 10.7 Å². The van der Waals surface area contributed by atoms with Crippen molar-refractivity contribution in [3.8, 4) is 0 Å². The van der Waals surface area contributed by atoms with Gasteiger partial charge in [0.1, 0.15) is 10.6 Å². The van der Waals surface area contributed by atoms with Crippen molar-refractivity contribution in [1.82, 2.24) is 15.2 Å². The van der Waals surface area contributed by atoms with Gasteiger partial charge in [-0.3, -0.25) is 14.3 Å².